The van der Waals surface area contributed by atoms with E-state index in [4.69, 9.17) is 33.7 Å². The molecule has 0 unspecified atom stereocenters. The quantitative estimate of drug-likeness (QED) is 0.452. The largest absolute Gasteiger partial charge is 0.454 e. The maximum Gasteiger partial charge on any atom is 0.332 e. The first-order chi connectivity index (χ1) is 12.6. The van der Waals surface area contributed by atoms with Gasteiger partial charge in [-0.3, -0.25) is 18.7 Å². The lowest BCUT2D eigenvalue weighted by molar-refractivity contribution is -0.136. The molecule has 0 fully saturated rings. The van der Waals surface area contributed by atoms with Crippen LogP contribution in [-0.2, 0) is 23.6 Å². The fourth-order valence-electron chi connectivity index (χ4n) is 2.20. The summed E-state index contributed by atoms with van der Waals surface area (Å²) in [6.07, 6.45) is 2.39. The van der Waals surface area contributed by atoms with Gasteiger partial charge in [-0.15, -0.1) is 0 Å². The summed E-state index contributed by atoms with van der Waals surface area (Å²) in [5.74, 6) is -1.98. The summed E-state index contributed by atoms with van der Waals surface area (Å²) in [7, 11) is 2.53. The molecule has 27 heavy (non-hydrogen) atoms. The summed E-state index contributed by atoms with van der Waals surface area (Å²) in [6, 6.07) is 4.84. The molecule has 142 valence electrons. The Bertz CT molecular complexity index is 1050. The van der Waals surface area contributed by atoms with E-state index in [1.165, 1.54) is 20.2 Å². The number of halogens is 2. The highest BCUT2D eigenvalue weighted by molar-refractivity contribution is 6.37. The number of Topliss-reactive ketones (excluding diaryl/α,β-unsaturated/α-hetero) is 1. The van der Waals surface area contributed by atoms with Crippen LogP contribution in [0, 0.1) is 0 Å². The Hall–Kier alpha value is -2.84. The van der Waals surface area contributed by atoms with Crippen molar-refractivity contribution in [2.24, 2.45) is 14.1 Å². The monoisotopic (exact) mass is 411 g/mol. The van der Waals surface area contributed by atoms with Crippen molar-refractivity contribution in [3.63, 3.8) is 0 Å². The molecule has 1 heterocycles. The average molecular weight is 412 g/mol. The van der Waals surface area contributed by atoms with E-state index < -0.39 is 35.2 Å². The van der Waals surface area contributed by atoms with Crippen LogP contribution in [-0.4, -0.2) is 27.5 Å². The lowest BCUT2D eigenvalue weighted by Crippen LogP contribution is -2.42. The summed E-state index contributed by atoms with van der Waals surface area (Å²) >= 11 is 12.0. The summed E-state index contributed by atoms with van der Waals surface area (Å²) in [5, 5.41) is 0.674. The van der Waals surface area contributed by atoms with Gasteiger partial charge in [-0.1, -0.05) is 29.3 Å². The highest BCUT2D eigenvalue weighted by atomic mass is 35.5. The predicted molar refractivity (Wildman–Crippen MR) is 102 cm³/mol. The van der Waals surface area contributed by atoms with E-state index >= 15 is 0 Å². The minimum absolute atomic E-state index is 0.303. The van der Waals surface area contributed by atoms with Gasteiger partial charge in [0.2, 0.25) is 5.78 Å². The van der Waals surface area contributed by atoms with Crippen LogP contribution < -0.4 is 17.0 Å². The Morgan fingerprint density at radius 2 is 1.74 bits per heavy atom. The van der Waals surface area contributed by atoms with Crippen LogP contribution in [0.4, 0.5) is 5.82 Å². The third-order valence-electron chi connectivity index (χ3n) is 3.72. The molecular weight excluding hydrogens is 397 g/mol. The van der Waals surface area contributed by atoms with Crippen molar-refractivity contribution in [1.82, 2.24) is 9.13 Å². The Morgan fingerprint density at radius 3 is 2.33 bits per heavy atom. The van der Waals surface area contributed by atoms with Crippen molar-refractivity contribution in [3.05, 3.63) is 66.3 Å². The molecule has 8 nitrogen and oxygen atoms in total. The maximum absolute atomic E-state index is 12.2. The van der Waals surface area contributed by atoms with E-state index in [-0.39, 0.29) is 5.82 Å². The second-order valence-electron chi connectivity index (χ2n) is 5.47. The zero-order valence-corrected chi connectivity index (χ0v) is 15.9. The van der Waals surface area contributed by atoms with Gasteiger partial charge < -0.3 is 10.5 Å². The van der Waals surface area contributed by atoms with Gasteiger partial charge in [0.25, 0.3) is 5.56 Å². The second kappa shape index (κ2) is 8.24. The Labute approximate surface area is 163 Å². The smallest absolute Gasteiger partial charge is 0.332 e. The molecule has 1 aromatic carbocycles. The number of hydrogen-bond donors (Lipinski definition) is 1. The van der Waals surface area contributed by atoms with E-state index in [0.29, 0.717) is 15.6 Å². The number of aromatic nitrogens is 2. The standard InChI is InChI=1S/C17H15Cl2N3O5/c1-21-15(20)14(16(25)22(2)17(21)26)12(23)8-27-13(24)7-6-9-10(18)4-3-5-11(9)19/h3-7H,8,20H2,1-2H3/b7-6+. The van der Waals surface area contributed by atoms with E-state index in [1.54, 1.807) is 18.2 Å². The van der Waals surface area contributed by atoms with Crippen LogP contribution in [0.1, 0.15) is 15.9 Å². The molecule has 0 aliphatic carbocycles. The Balaban J connectivity index is 2.15. The third-order valence-corrected chi connectivity index (χ3v) is 4.38. The SMILES string of the molecule is Cn1c(N)c(C(=O)COC(=O)/C=C/c2c(Cl)cccc2Cl)c(=O)n(C)c1=O. The Morgan fingerprint density at radius 1 is 1.15 bits per heavy atom. The second-order valence-corrected chi connectivity index (χ2v) is 6.28. The van der Waals surface area contributed by atoms with Crippen molar-refractivity contribution in [3.8, 4) is 0 Å². The van der Waals surface area contributed by atoms with Gasteiger partial charge in [-0.2, -0.15) is 0 Å². The highest BCUT2D eigenvalue weighted by Gasteiger charge is 2.21. The molecule has 2 rings (SSSR count). The number of carbonyl (C=O) groups is 2. The van der Waals surface area contributed by atoms with Crippen LogP contribution in [0.25, 0.3) is 6.08 Å². The Kier molecular flexibility index (Phi) is 6.24. The first-order valence-corrected chi connectivity index (χ1v) is 8.28. The molecule has 0 bridgehead atoms. The number of carbonyl (C=O) groups excluding carboxylic acids is 2. The zero-order chi connectivity index (χ0) is 20.3. The molecule has 0 saturated heterocycles. The van der Waals surface area contributed by atoms with Crippen LogP contribution in [0.3, 0.4) is 0 Å². The van der Waals surface area contributed by atoms with Crippen LogP contribution >= 0.6 is 23.2 Å². The number of benzene rings is 1. The number of rotatable bonds is 5. The molecule has 0 saturated carbocycles. The molecule has 0 atom stereocenters. The van der Waals surface area contributed by atoms with Crippen molar-refractivity contribution in [2.45, 2.75) is 0 Å². The van der Waals surface area contributed by atoms with Crippen LogP contribution in [0.15, 0.2) is 33.9 Å². The minimum Gasteiger partial charge on any atom is -0.454 e. The molecule has 0 aliphatic heterocycles. The highest BCUT2D eigenvalue weighted by Crippen LogP contribution is 2.25. The molecule has 0 spiro atoms. The van der Waals surface area contributed by atoms with Crippen molar-refractivity contribution in [2.75, 3.05) is 12.3 Å². The van der Waals surface area contributed by atoms with E-state index in [1.807, 2.05) is 0 Å². The fourth-order valence-corrected chi connectivity index (χ4v) is 2.72. The first-order valence-electron chi connectivity index (χ1n) is 7.52. The van der Waals surface area contributed by atoms with E-state index in [9.17, 15) is 19.2 Å². The summed E-state index contributed by atoms with van der Waals surface area (Å²) in [5.41, 5.74) is 4.12. The van der Waals surface area contributed by atoms with Crippen LogP contribution in [0.5, 0.6) is 0 Å². The van der Waals surface area contributed by atoms with Gasteiger partial charge in [0.1, 0.15) is 11.4 Å². The number of esters is 1. The predicted octanol–water partition coefficient (Wildman–Crippen LogP) is 1.41. The minimum atomic E-state index is -0.866. The molecule has 0 aliphatic rings. The number of ketones is 1. The average Bonchev–Trinajstić information content (AvgIpc) is 2.63. The fraction of sp³-hybridized carbons (Fsp3) is 0.176. The van der Waals surface area contributed by atoms with Gasteiger partial charge in [-0.05, 0) is 18.2 Å². The van der Waals surface area contributed by atoms with Gasteiger partial charge in [0.15, 0.2) is 6.61 Å². The molecule has 2 N–H and O–H groups in total. The van der Waals surface area contributed by atoms with E-state index in [0.717, 1.165) is 15.2 Å². The molecule has 1 aromatic heterocycles. The molecule has 2 aromatic rings. The lowest BCUT2D eigenvalue weighted by atomic mass is 10.2. The zero-order valence-electron chi connectivity index (χ0n) is 14.4. The molecule has 0 radical (unpaired) electrons. The third kappa shape index (κ3) is 4.29. The normalized spacial score (nSPS) is 11.0. The van der Waals surface area contributed by atoms with Gasteiger partial charge in [0.05, 0.1) is 0 Å². The number of anilines is 1. The van der Waals surface area contributed by atoms with Gasteiger partial charge in [0, 0.05) is 35.8 Å². The van der Waals surface area contributed by atoms with Gasteiger partial charge in [-0.25, -0.2) is 9.59 Å². The van der Waals surface area contributed by atoms with Crippen molar-refractivity contribution >= 4 is 46.8 Å². The molecular formula is C17H15Cl2N3O5. The first kappa shape index (κ1) is 20.5. The summed E-state index contributed by atoms with van der Waals surface area (Å²) in [4.78, 5) is 47.9. The summed E-state index contributed by atoms with van der Waals surface area (Å²) in [6.45, 7) is -0.725. The van der Waals surface area contributed by atoms with Crippen molar-refractivity contribution in [1.29, 1.82) is 0 Å². The summed E-state index contributed by atoms with van der Waals surface area (Å²) < 4.78 is 6.52. The van der Waals surface area contributed by atoms with Gasteiger partial charge >= 0.3 is 11.7 Å². The topological polar surface area (TPSA) is 113 Å². The number of nitrogens with two attached hydrogens (primary N) is 1. The number of ether oxygens (including phenoxy) is 1. The maximum atomic E-state index is 12.2. The van der Waals surface area contributed by atoms with E-state index in [2.05, 4.69) is 0 Å². The van der Waals surface area contributed by atoms with Crippen LogP contribution in [0.2, 0.25) is 10.0 Å². The molecule has 10 heteroatoms. The number of hydrogen-bond acceptors (Lipinski definition) is 6. The lowest BCUT2D eigenvalue weighted by Gasteiger charge is -2.10. The molecule has 0 amide bonds. The van der Waals surface area contributed by atoms with Crippen molar-refractivity contribution < 1.29 is 14.3 Å². The number of nitrogen functional groups attached to an aromatic ring is 1. The number of nitrogens with zero attached hydrogens (tertiary/aromatic N) is 2.